The number of phenolic OH excluding ortho intramolecular Hbond substituents is 1. The third-order valence-electron chi connectivity index (χ3n) is 3.26. The van der Waals surface area contributed by atoms with E-state index in [0.717, 1.165) is 17.6 Å². The molecule has 2 heterocycles. The van der Waals surface area contributed by atoms with Crippen LogP contribution in [0, 0.1) is 0 Å². The summed E-state index contributed by atoms with van der Waals surface area (Å²) in [6, 6.07) is 6.94. The summed E-state index contributed by atoms with van der Waals surface area (Å²) in [7, 11) is 1.66. The average molecular weight is 243 g/mol. The van der Waals surface area contributed by atoms with E-state index in [1.807, 2.05) is 13.0 Å². The first-order chi connectivity index (χ1) is 8.63. The van der Waals surface area contributed by atoms with E-state index in [-0.39, 0.29) is 11.3 Å². The van der Waals surface area contributed by atoms with Gasteiger partial charge in [-0.2, -0.15) is 0 Å². The molecule has 3 rings (SSSR count). The summed E-state index contributed by atoms with van der Waals surface area (Å²) in [5.41, 5.74) is 0.912. The number of aromatic hydroxyl groups is 1. The third-order valence-corrected chi connectivity index (χ3v) is 3.26. The molecule has 18 heavy (non-hydrogen) atoms. The zero-order valence-electron chi connectivity index (χ0n) is 10.2. The Balaban J connectivity index is 2.65. The molecule has 3 aromatic rings. The van der Waals surface area contributed by atoms with Gasteiger partial charge < -0.3 is 14.1 Å². The molecule has 0 aliphatic carbocycles. The molecule has 4 nitrogen and oxygen atoms in total. The lowest BCUT2D eigenvalue weighted by molar-refractivity contribution is 0.478. The summed E-state index contributed by atoms with van der Waals surface area (Å²) < 4.78 is 7.16. The summed E-state index contributed by atoms with van der Waals surface area (Å²) >= 11 is 0. The second-order valence-corrected chi connectivity index (χ2v) is 4.35. The van der Waals surface area contributed by atoms with Crippen molar-refractivity contribution < 1.29 is 9.52 Å². The molecule has 0 fully saturated rings. The van der Waals surface area contributed by atoms with Gasteiger partial charge in [-0.15, -0.1) is 0 Å². The van der Waals surface area contributed by atoms with Crippen molar-refractivity contribution in [3.8, 4) is 5.75 Å². The Morgan fingerprint density at radius 1 is 1.33 bits per heavy atom. The number of hydrogen-bond donors (Lipinski definition) is 1. The van der Waals surface area contributed by atoms with Gasteiger partial charge >= 0.3 is 0 Å². The van der Waals surface area contributed by atoms with Crippen LogP contribution in [0.1, 0.15) is 12.7 Å². The quantitative estimate of drug-likeness (QED) is 0.714. The maximum Gasteiger partial charge on any atom is 0.262 e. The molecular weight excluding hydrogens is 230 g/mol. The van der Waals surface area contributed by atoms with Crippen LogP contribution in [-0.4, -0.2) is 9.67 Å². The summed E-state index contributed by atoms with van der Waals surface area (Å²) in [6.45, 7) is 1.97. The zero-order chi connectivity index (χ0) is 12.9. The number of furan rings is 1. The Labute approximate surface area is 103 Å². The van der Waals surface area contributed by atoms with Crippen molar-refractivity contribution >= 4 is 21.9 Å². The highest BCUT2D eigenvalue weighted by Crippen LogP contribution is 2.30. The number of benzene rings is 1. The predicted molar refractivity (Wildman–Crippen MR) is 70.0 cm³/mol. The first-order valence-electron chi connectivity index (χ1n) is 5.86. The summed E-state index contributed by atoms with van der Waals surface area (Å²) in [5, 5.41) is 11.2. The highest BCUT2D eigenvalue weighted by atomic mass is 16.3. The predicted octanol–water partition coefficient (Wildman–Crippen LogP) is 2.55. The van der Waals surface area contributed by atoms with Crippen LogP contribution in [-0.2, 0) is 13.5 Å². The molecule has 1 N–H and O–H groups in total. The minimum absolute atomic E-state index is 0.0865. The Morgan fingerprint density at radius 2 is 2.11 bits per heavy atom. The van der Waals surface area contributed by atoms with Gasteiger partial charge in [0, 0.05) is 18.9 Å². The Hall–Kier alpha value is -2.23. The molecule has 4 heteroatoms. The van der Waals surface area contributed by atoms with E-state index in [9.17, 15) is 9.90 Å². The lowest BCUT2D eigenvalue weighted by Gasteiger charge is -2.06. The lowest BCUT2D eigenvalue weighted by atomic mass is 10.1. The van der Waals surface area contributed by atoms with Crippen LogP contribution in [0.4, 0.5) is 0 Å². The molecule has 2 aromatic heterocycles. The molecule has 1 aromatic carbocycles. The fourth-order valence-electron chi connectivity index (χ4n) is 2.32. The van der Waals surface area contributed by atoms with Gasteiger partial charge in [-0.1, -0.05) is 13.0 Å². The van der Waals surface area contributed by atoms with Crippen molar-refractivity contribution in [2.24, 2.45) is 7.05 Å². The normalized spacial score (nSPS) is 11.4. The van der Waals surface area contributed by atoms with Crippen LogP contribution >= 0.6 is 0 Å². The van der Waals surface area contributed by atoms with Crippen molar-refractivity contribution in [3.05, 3.63) is 40.4 Å². The highest BCUT2D eigenvalue weighted by molar-refractivity contribution is 6.04. The summed E-state index contributed by atoms with van der Waals surface area (Å²) in [5.74, 6) is 0.862. The van der Waals surface area contributed by atoms with Crippen molar-refractivity contribution in [2.45, 2.75) is 13.3 Å². The van der Waals surface area contributed by atoms with E-state index in [2.05, 4.69) is 0 Å². The number of nitrogens with zero attached hydrogens (tertiary/aromatic N) is 1. The fourth-order valence-corrected chi connectivity index (χ4v) is 2.32. The summed E-state index contributed by atoms with van der Waals surface area (Å²) in [4.78, 5) is 12.2. The van der Waals surface area contributed by atoms with Gasteiger partial charge in [0.2, 0.25) is 0 Å². The van der Waals surface area contributed by atoms with Crippen LogP contribution < -0.4 is 5.56 Å². The number of aromatic nitrogens is 1. The lowest BCUT2D eigenvalue weighted by Crippen LogP contribution is -2.16. The Kier molecular flexibility index (Phi) is 2.20. The number of aryl methyl sites for hydroxylation is 2. The number of phenols is 1. The molecule has 0 radical (unpaired) electrons. The van der Waals surface area contributed by atoms with Crippen LogP contribution in [0.15, 0.2) is 33.5 Å². The average Bonchev–Trinajstić information content (AvgIpc) is 2.80. The highest BCUT2D eigenvalue weighted by Gasteiger charge is 2.15. The van der Waals surface area contributed by atoms with E-state index < -0.39 is 0 Å². The molecule has 0 saturated heterocycles. The minimum Gasteiger partial charge on any atom is -0.506 e. The smallest absolute Gasteiger partial charge is 0.262 e. The van der Waals surface area contributed by atoms with Gasteiger partial charge in [-0.3, -0.25) is 4.79 Å². The largest absolute Gasteiger partial charge is 0.506 e. The molecule has 0 aliphatic heterocycles. The molecule has 0 atom stereocenters. The van der Waals surface area contributed by atoms with Gasteiger partial charge in [0.05, 0.1) is 10.9 Å². The topological polar surface area (TPSA) is 55.4 Å². The third kappa shape index (κ3) is 1.29. The van der Waals surface area contributed by atoms with E-state index in [1.165, 1.54) is 4.57 Å². The van der Waals surface area contributed by atoms with Gasteiger partial charge in [-0.25, -0.2) is 0 Å². The molecule has 0 unspecified atom stereocenters. The fraction of sp³-hybridized carbons (Fsp3) is 0.214. The number of rotatable bonds is 1. The first-order valence-corrected chi connectivity index (χ1v) is 5.86. The molecular formula is C14H13NO3. The minimum atomic E-state index is -0.151. The van der Waals surface area contributed by atoms with Gasteiger partial charge in [0.1, 0.15) is 17.1 Å². The van der Waals surface area contributed by atoms with Crippen molar-refractivity contribution in [2.75, 3.05) is 0 Å². The number of fused-ring (bicyclic) bond motifs is 3. The van der Waals surface area contributed by atoms with E-state index >= 15 is 0 Å². The summed E-state index contributed by atoms with van der Waals surface area (Å²) in [6.07, 6.45) is 0.734. The zero-order valence-corrected chi connectivity index (χ0v) is 10.2. The van der Waals surface area contributed by atoms with E-state index in [4.69, 9.17) is 4.42 Å². The van der Waals surface area contributed by atoms with E-state index in [1.54, 1.807) is 25.2 Å². The number of pyridine rings is 1. The molecule has 0 amide bonds. The molecule has 0 saturated carbocycles. The van der Waals surface area contributed by atoms with Crippen LogP contribution in [0.2, 0.25) is 0 Å². The van der Waals surface area contributed by atoms with Gasteiger partial charge in [0.15, 0.2) is 0 Å². The van der Waals surface area contributed by atoms with Crippen LogP contribution in [0.5, 0.6) is 5.75 Å². The molecule has 0 bridgehead atoms. The van der Waals surface area contributed by atoms with Crippen molar-refractivity contribution in [1.82, 2.24) is 4.57 Å². The molecule has 92 valence electrons. The van der Waals surface area contributed by atoms with Crippen LogP contribution in [0.3, 0.4) is 0 Å². The second-order valence-electron chi connectivity index (χ2n) is 4.35. The monoisotopic (exact) mass is 243 g/mol. The maximum absolute atomic E-state index is 12.2. The van der Waals surface area contributed by atoms with Crippen molar-refractivity contribution in [3.63, 3.8) is 0 Å². The SMILES string of the molecule is CCc1cc2c(=O)n(C)c3c(O)cccc3c2o1. The second kappa shape index (κ2) is 3.63. The van der Waals surface area contributed by atoms with E-state index in [0.29, 0.717) is 16.5 Å². The van der Waals surface area contributed by atoms with Crippen molar-refractivity contribution in [1.29, 1.82) is 0 Å². The first kappa shape index (κ1) is 10.9. The standard InChI is InChI=1S/C14H13NO3/c1-3-8-7-10-13(18-8)9-5-4-6-11(16)12(9)15(2)14(10)17/h4-7,16H,3H2,1-2H3. The number of hydrogen-bond acceptors (Lipinski definition) is 3. The maximum atomic E-state index is 12.2. The number of para-hydroxylation sites is 1. The van der Waals surface area contributed by atoms with Gasteiger partial charge in [-0.05, 0) is 18.2 Å². The Bertz CT molecular complexity index is 811. The van der Waals surface area contributed by atoms with Gasteiger partial charge in [0.25, 0.3) is 5.56 Å². The van der Waals surface area contributed by atoms with Crippen LogP contribution in [0.25, 0.3) is 21.9 Å². The Morgan fingerprint density at radius 3 is 2.83 bits per heavy atom. The molecule has 0 aliphatic rings. The molecule has 0 spiro atoms.